The first kappa shape index (κ1) is 15.6. The van der Waals surface area contributed by atoms with Gasteiger partial charge in [0, 0.05) is 6.04 Å². The Morgan fingerprint density at radius 3 is 2.13 bits per heavy atom. The van der Waals surface area contributed by atoms with Crippen molar-refractivity contribution in [1.82, 2.24) is 5.32 Å². The Bertz CT molecular complexity index is 625. The van der Waals surface area contributed by atoms with Gasteiger partial charge in [0.05, 0.1) is 13.2 Å². The lowest BCUT2D eigenvalue weighted by Gasteiger charge is -2.17. The highest BCUT2D eigenvalue weighted by Gasteiger charge is 2.21. The molecule has 0 saturated carbocycles. The van der Waals surface area contributed by atoms with Crippen LogP contribution in [-0.4, -0.2) is 25.2 Å². The van der Waals surface area contributed by atoms with Gasteiger partial charge in [-0.15, -0.1) is 0 Å². The zero-order valence-electron chi connectivity index (χ0n) is 13.6. The maximum absolute atomic E-state index is 5.45. The number of nitrogens with zero attached hydrogens (tertiary/aromatic N) is 1. The summed E-state index contributed by atoms with van der Waals surface area (Å²) in [6.07, 6.45) is 4.14. The molecule has 0 spiro atoms. The predicted octanol–water partition coefficient (Wildman–Crippen LogP) is 3.59. The van der Waals surface area contributed by atoms with Crippen molar-refractivity contribution in [2.45, 2.75) is 37.8 Å². The van der Waals surface area contributed by atoms with E-state index >= 15 is 0 Å². The van der Waals surface area contributed by atoms with Crippen molar-refractivity contribution in [1.29, 1.82) is 0 Å². The minimum atomic E-state index is 0.278. The molecule has 0 bridgehead atoms. The quantitative estimate of drug-likeness (QED) is 0.936. The predicted molar refractivity (Wildman–Crippen MR) is 94.7 cm³/mol. The third-order valence-corrected chi connectivity index (χ3v) is 4.31. The van der Waals surface area contributed by atoms with Crippen molar-refractivity contribution in [2.75, 3.05) is 7.11 Å². The van der Waals surface area contributed by atoms with Gasteiger partial charge in [-0.2, -0.15) is 0 Å². The standard InChI is InChI=1S/C20H24N2O/c1-23-20-21-18(14-16-8-4-2-5-9-16)12-13-19(22-20)15-17-10-6-3-7-11-17/h2-11,18-19H,12-15H2,1H3,(H,21,22)/t18-,19-/m0/s1. The van der Waals surface area contributed by atoms with E-state index in [-0.39, 0.29) is 6.04 Å². The lowest BCUT2D eigenvalue weighted by Crippen LogP contribution is -2.36. The number of nitrogens with one attached hydrogen (secondary N) is 1. The highest BCUT2D eigenvalue weighted by molar-refractivity contribution is 5.74. The molecule has 0 fully saturated rings. The highest BCUT2D eigenvalue weighted by atomic mass is 16.5. The fourth-order valence-corrected chi connectivity index (χ4v) is 3.11. The van der Waals surface area contributed by atoms with E-state index < -0.39 is 0 Å². The topological polar surface area (TPSA) is 33.6 Å². The number of hydrogen-bond donors (Lipinski definition) is 1. The van der Waals surface area contributed by atoms with Gasteiger partial charge in [0.2, 0.25) is 0 Å². The van der Waals surface area contributed by atoms with Crippen molar-refractivity contribution in [3.05, 3.63) is 71.8 Å². The molecule has 0 amide bonds. The van der Waals surface area contributed by atoms with E-state index in [9.17, 15) is 0 Å². The summed E-state index contributed by atoms with van der Waals surface area (Å²) in [4.78, 5) is 4.76. The van der Waals surface area contributed by atoms with E-state index in [1.165, 1.54) is 11.1 Å². The molecule has 0 radical (unpaired) electrons. The van der Waals surface area contributed by atoms with Crippen molar-refractivity contribution in [3.63, 3.8) is 0 Å². The first-order valence-electron chi connectivity index (χ1n) is 8.29. The maximum Gasteiger partial charge on any atom is 0.284 e. The third-order valence-electron chi connectivity index (χ3n) is 4.31. The van der Waals surface area contributed by atoms with E-state index in [1.807, 2.05) is 0 Å². The van der Waals surface area contributed by atoms with Gasteiger partial charge in [-0.3, -0.25) is 0 Å². The van der Waals surface area contributed by atoms with E-state index in [0.29, 0.717) is 12.1 Å². The lowest BCUT2D eigenvalue weighted by molar-refractivity contribution is 0.368. The van der Waals surface area contributed by atoms with Gasteiger partial charge < -0.3 is 10.1 Å². The Balaban J connectivity index is 1.65. The molecule has 0 unspecified atom stereocenters. The second kappa shape index (κ2) is 7.82. The molecule has 2 aromatic carbocycles. The molecular weight excluding hydrogens is 284 g/mol. The lowest BCUT2D eigenvalue weighted by atomic mass is 9.97. The van der Waals surface area contributed by atoms with Gasteiger partial charge in [0.25, 0.3) is 6.02 Å². The Kier molecular flexibility index (Phi) is 5.30. The summed E-state index contributed by atoms with van der Waals surface area (Å²) in [5, 5.41) is 3.46. The van der Waals surface area contributed by atoms with E-state index in [2.05, 4.69) is 66.0 Å². The second-order valence-corrected chi connectivity index (χ2v) is 6.09. The minimum Gasteiger partial charge on any atom is -0.469 e. The Morgan fingerprint density at radius 1 is 0.913 bits per heavy atom. The molecule has 0 aromatic heterocycles. The molecule has 1 aliphatic heterocycles. The van der Waals surface area contributed by atoms with E-state index in [1.54, 1.807) is 7.11 Å². The van der Waals surface area contributed by atoms with Crippen LogP contribution in [0, 0.1) is 0 Å². The molecule has 3 heteroatoms. The fraction of sp³-hybridized carbons (Fsp3) is 0.350. The van der Waals surface area contributed by atoms with Crippen LogP contribution in [0.1, 0.15) is 24.0 Å². The van der Waals surface area contributed by atoms with Crippen LogP contribution in [0.5, 0.6) is 0 Å². The van der Waals surface area contributed by atoms with Crippen LogP contribution in [0.2, 0.25) is 0 Å². The first-order chi connectivity index (χ1) is 11.3. The summed E-state index contributed by atoms with van der Waals surface area (Å²) >= 11 is 0. The largest absolute Gasteiger partial charge is 0.469 e. The maximum atomic E-state index is 5.45. The highest BCUT2D eigenvalue weighted by Crippen LogP contribution is 2.17. The van der Waals surface area contributed by atoms with Crippen LogP contribution in [0.25, 0.3) is 0 Å². The summed E-state index contributed by atoms with van der Waals surface area (Å²) in [6.45, 7) is 0. The van der Waals surface area contributed by atoms with Crippen LogP contribution in [0.4, 0.5) is 0 Å². The zero-order valence-corrected chi connectivity index (χ0v) is 13.6. The average Bonchev–Trinajstić information content (AvgIpc) is 2.79. The SMILES string of the molecule is COC1=N[C@H](Cc2ccccc2)CC[C@@H](Cc2ccccc2)N1. The van der Waals surface area contributed by atoms with Crippen LogP contribution < -0.4 is 5.32 Å². The normalized spacial score (nSPS) is 21.0. The number of amidine groups is 1. The second-order valence-electron chi connectivity index (χ2n) is 6.09. The minimum absolute atomic E-state index is 0.278. The molecule has 3 rings (SSSR count). The molecule has 3 nitrogen and oxygen atoms in total. The van der Waals surface area contributed by atoms with Crippen molar-refractivity contribution >= 4 is 6.02 Å². The molecule has 1 N–H and O–H groups in total. The molecule has 0 aliphatic carbocycles. The van der Waals surface area contributed by atoms with Crippen molar-refractivity contribution in [3.8, 4) is 0 Å². The molecule has 2 aromatic rings. The van der Waals surface area contributed by atoms with Crippen LogP contribution in [0.15, 0.2) is 65.7 Å². The first-order valence-corrected chi connectivity index (χ1v) is 8.29. The smallest absolute Gasteiger partial charge is 0.284 e. The van der Waals surface area contributed by atoms with Crippen LogP contribution >= 0.6 is 0 Å². The number of hydrogen-bond acceptors (Lipinski definition) is 3. The Hall–Kier alpha value is -2.29. The monoisotopic (exact) mass is 308 g/mol. The summed E-state index contributed by atoms with van der Waals surface area (Å²) in [6, 6.07) is 22.5. The van der Waals surface area contributed by atoms with Gasteiger partial charge in [-0.25, -0.2) is 4.99 Å². The molecule has 1 heterocycles. The van der Waals surface area contributed by atoms with E-state index in [4.69, 9.17) is 9.73 Å². The summed E-state index contributed by atoms with van der Waals surface area (Å²) in [7, 11) is 1.69. The van der Waals surface area contributed by atoms with Gasteiger partial charge in [0.1, 0.15) is 0 Å². The van der Waals surface area contributed by atoms with Gasteiger partial charge >= 0.3 is 0 Å². The van der Waals surface area contributed by atoms with Crippen molar-refractivity contribution < 1.29 is 4.74 Å². The average molecular weight is 308 g/mol. The number of rotatable bonds is 4. The van der Waals surface area contributed by atoms with Crippen LogP contribution in [-0.2, 0) is 17.6 Å². The Labute approximate surface area is 138 Å². The summed E-state index contributed by atoms with van der Waals surface area (Å²) < 4.78 is 5.45. The van der Waals surface area contributed by atoms with E-state index in [0.717, 1.165) is 25.7 Å². The van der Waals surface area contributed by atoms with Crippen molar-refractivity contribution in [2.24, 2.45) is 4.99 Å². The zero-order chi connectivity index (χ0) is 15.9. The molecular formula is C20H24N2O. The summed E-state index contributed by atoms with van der Waals surface area (Å²) in [5.41, 5.74) is 2.68. The number of ether oxygens (including phenoxy) is 1. The molecule has 23 heavy (non-hydrogen) atoms. The van der Waals surface area contributed by atoms with Gasteiger partial charge in [-0.05, 0) is 36.8 Å². The van der Waals surface area contributed by atoms with Gasteiger partial charge in [0.15, 0.2) is 0 Å². The summed E-state index contributed by atoms with van der Waals surface area (Å²) in [5.74, 6) is 0. The number of methoxy groups -OCH3 is 1. The molecule has 1 aliphatic rings. The van der Waals surface area contributed by atoms with Gasteiger partial charge in [-0.1, -0.05) is 60.7 Å². The molecule has 2 atom stereocenters. The van der Waals surface area contributed by atoms with Crippen LogP contribution in [0.3, 0.4) is 0 Å². The fourth-order valence-electron chi connectivity index (χ4n) is 3.11. The number of aliphatic imine (C=N–C) groups is 1. The third kappa shape index (κ3) is 4.59. The number of benzene rings is 2. The Morgan fingerprint density at radius 2 is 1.52 bits per heavy atom. The molecule has 120 valence electrons. The molecule has 0 saturated heterocycles.